The lowest BCUT2D eigenvalue weighted by Gasteiger charge is -2.18. The summed E-state index contributed by atoms with van der Waals surface area (Å²) in [6.07, 6.45) is 1.44. The molecule has 4 aromatic rings. The molecule has 5 rings (SSSR count). The highest BCUT2D eigenvalue weighted by molar-refractivity contribution is 6.37. The predicted octanol–water partition coefficient (Wildman–Crippen LogP) is 3.86. The van der Waals surface area contributed by atoms with E-state index in [1.54, 1.807) is 23.7 Å². The van der Waals surface area contributed by atoms with Crippen LogP contribution in [0.2, 0.25) is 0 Å². The van der Waals surface area contributed by atoms with Gasteiger partial charge in [-0.05, 0) is 25.5 Å². The number of amides is 2. The smallest absolute Gasteiger partial charge is 0.267 e. The Balaban J connectivity index is 1.70. The van der Waals surface area contributed by atoms with Crippen molar-refractivity contribution in [2.45, 2.75) is 13.8 Å². The van der Waals surface area contributed by atoms with E-state index >= 15 is 0 Å². The zero-order chi connectivity index (χ0) is 24.1. The number of fused-ring (bicyclic) bond motifs is 3. The first kappa shape index (κ1) is 21.4. The van der Waals surface area contributed by atoms with Crippen molar-refractivity contribution in [3.8, 4) is 22.9 Å². The van der Waals surface area contributed by atoms with E-state index in [1.807, 2.05) is 31.2 Å². The average molecular weight is 458 g/mol. The Morgan fingerprint density at radius 2 is 1.56 bits per heavy atom. The Labute approximate surface area is 195 Å². The van der Waals surface area contributed by atoms with Gasteiger partial charge in [0.15, 0.2) is 17.1 Å². The summed E-state index contributed by atoms with van der Waals surface area (Å²) >= 11 is 0. The fraction of sp³-hybridized carbons (Fsp3) is 0.200. The molecular weight excluding hydrogens is 436 g/mol. The predicted molar refractivity (Wildman–Crippen MR) is 126 cm³/mol. The number of aromatic nitrogens is 3. The van der Waals surface area contributed by atoms with Crippen LogP contribution in [0.25, 0.3) is 16.7 Å². The van der Waals surface area contributed by atoms with Crippen molar-refractivity contribution in [1.29, 1.82) is 0 Å². The molecule has 0 spiro atoms. The van der Waals surface area contributed by atoms with Gasteiger partial charge in [-0.2, -0.15) is 5.10 Å². The Kier molecular flexibility index (Phi) is 4.97. The number of hydrogen-bond donors (Lipinski definition) is 0. The standard InChI is InChI=1S/C25H22N4O5/c1-13-8-6-7-9-17(13)29-23-20(14(2)27-29)21-16(12-26-23)24(30)28(25(21)31)15-10-18(32-3)22(34-5)19(11-15)33-4/h6-12H,1-5H3. The van der Waals surface area contributed by atoms with E-state index in [-0.39, 0.29) is 11.1 Å². The van der Waals surface area contributed by atoms with Gasteiger partial charge in [0, 0.05) is 18.3 Å². The summed E-state index contributed by atoms with van der Waals surface area (Å²) in [7, 11) is 4.43. The maximum absolute atomic E-state index is 13.7. The van der Waals surface area contributed by atoms with Crippen LogP contribution in [0.5, 0.6) is 17.2 Å². The van der Waals surface area contributed by atoms with Crippen molar-refractivity contribution < 1.29 is 23.8 Å². The normalized spacial score (nSPS) is 12.9. The molecule has 0 atom stereocenters. The fourth-order valence-corrected chi connectivity index (χ4v) is 4.36. The number of para-hydroxylation sites is 1. The number of ether oxygens (including phenoxy) is 3. The van der Waals surface area contributed by atoms with Gasteiger partial charge in [-0.15, -0.1) is 0 Å². The molecule has 0 radical (unpaired) electrons. The summed E-state index contributed by atoms with van der Waals surface area (Å²) < 4.78 is 17.9. The summed E-state index contributed by atoms with van der Waals surface area (Å²) in [5, 5.41) is 5.20. The third-order valence-corrected chi connectivity index (χ3v) is 5.97. The zero-order valence-corrected chi connectivity index (χ0v) is 19.4. The molecule has 9 heteroatoms. The first-order chi connectivity index (χ1) is 16.4. The molecule has 1 aliphatic heterocycles. The maximum Gasteiger partial charge on any atom is 0.267 e. The van der Waals surface area contributed by atoms with Crippen molar-refractivity contribution in [2.75, 3.05) is 26.2 Å². The van der Waals surface area contributed by atoms with Gasteiger partial charge in [0.05, 0.1) is 54.9 Å². The summed E-state index contributed by atoms with van der Waals surface area (Å²) in [6, 6.07) is 10.9. The van der Waals surface area contributed by atoms with Crippen LogP contribution in [0, 0.1) is 13.8 Å². The lowest BCUT2D eigenvalue weighted by Crippen LogP contribution is -2.29. The number of nitrogens with zero attached hydrogens (tertiary/aromatic N) is 4. The second-order valence-electron chi connectivity index (χ2n) is 7.86. The van der Waals surface area contributed by atoms with Crippen molar-refractivity contribution in [1.82, 2.24) is 14.8 Å². The van der Waals surface area contributed by atoms with Gasteiger partial charge in [-0.25, -0.2) is 14.6 Å². The lowest BCUT2D eigenvalue weighted by molar-refractivity contribution is 0.0926. The molecule has 2 aromatic heterocycles. The van der Waals surface area contributed by atoms with Crippen LogP contribution in [0.3, 0.4) is 0 Å². The number of carbonyl (C=O) groups is 2. The van der Waals surface area contributed by atoms with Gasteiger partial charge in [-0.1, -0.05) is 18.2 Å². The number of aryl methyl sites for hydroxylation is 2. The molecular formula is C25H22N4O5. The van der Waals surface area contributed by atoms with Crippen LogP contribution >= 0.6 is 0 Å². The van der Waals surface area contributed by atoms with Gasteiger partial charge >= 0.3 is 0 Å². The van der Waals surface area contributed by atoms with E-state index in [4.69, 9.17) is 14.2 Å². The lowest BCUT2D eigenvalue weighted by atomic mass is 10.1. The molecule has 0 aliphatic carbocycles. The number of carbonyl (C=O) groups excluding carboxylic acids is 2. The highest BCUT2D eigenvalue weighted by Gasteiger charge is 2.40. The van der Waals surface area contributed by atoms with Crippen LogP contribution < -0.4 is 19.1 Å². The van der Waals surface area contributed by atoms with Crippen LogP contribution in [0.15, 0.2) is 42.6 Å². The quantitative estimate of drug-likeness (QED) is 0.419. The molecule has 0 N–H and O–H groups in total. The SMILES string of the molecule is COc1cc(N2C(=O)c3cnc4c(c(C)nn4-c4ccccc4C)c3C2=O)cc(OC)c1OC. The number of imide groups is 1. The molecule has 0 unspecified atom stereocenters. The van der Waals surface area contributed by atoms with Gasteiger partial charge in [-0.3, -0.25) is 9.59 Å². The summed E-state index contributed by atoms with van der Waals surface area (Å²) in [4.78, 5) is 32.7. The third kappa shape index (κ3) is 2.93. The third-order valence-electron chi connectivity index (χ3n) is 5.97. The second kappa shape index (κ2) is 7.87. The van der Waals surface area contributed by atoms with Gasteiger partial charge in [0.25, 0.3) is 11.8 Å². The van der Waals surface area contributed by atoms with Crippen molar-refractivity contribution in [3.63, 3.8) is 0 Å². The summed E-state index contributed by atoms with van der Waals surface area (Å²) in [5.41, 5.74) is 3.79. The molecule has 9 nitrogen and oxygen atoms in total. The van der Waals surface area contributed by atoms with Crippen LogP contribution in [0.1, 0.15) is 32.0 Å². The molecule has 3 heterocycles. The van der Waals surface area contributed by atoms with Gasteiger partial charge < -0.3 is 14.2 Å². The molecule has 34 heavy (non-hydrogen) atoms. The number of benzene rings is 2. The Bertz CT molecular complexity index is 1470. The highest BCUT2D eigenvalue weighted by Crippen LogP contribution is 2.43. The molecule has 0 saturated carbocycles. The van der Waals surface area contributed by atoms with E-state index in [9.17, 15) is 9.59 Å². The monoisotopic (exact) mass is 458 g/mol. The number of rotatable bonds is 5. The van der Waals surface area contributed by atoms with Crippen molar-refractivity contribution >= 4 is 28.5 Å². The number of anilines is 1. The van der Waals surface area contributed by atoms with Crippen LogP contribution in [0.4, 0.5) is 5.69 Å². The second-order valence-corrected chi connectivity index (χ2v) is 7.86. The van der Waals surface area contributed by atoms with Crippen molar-refractivity contribution in [2.24, 2.45) is 0 Å². The summed E-state index contributed by atoms with van der Waals surface area (Å²) in [6.45, 7) is 3.78. The topological polar surface area (TPSA) is 95.8 Å². The average Bonchev–Trinajstić information content (AvgIpc) is 3.31. The molecule has 1 aliphatic rings. The van der Waals surface area contributed by atoms with E-state index in [0.717, 1.165) is 16.2 Å². The van der Waals surface area contributed by atoms with E-state index in [1.165, 1.54) is 27.5 Å². The molecule has 0 saturated heterocycles. The fourth-order valence-electron chi connectivity index (χ4n) is 4.36. The highest BCUT2D eigenvalue weighted by atomic mass is 16.5. The van der Waals surface area contributed by atoms with E-state index in [0.29, 0.717) is 39.7 Å². The number of pyridine rings is 1. The van der Waals surface area contributed by atoms with Crippen LogP contribution in [-0.2, 0) is 0 Å². The number of methoxy groups -OCH3 is 3. The van der Waals surface area contributed by atoms with Crippen LogP contribution in [-0.4, -0.2) is 47.9 Å². The minimum atomic E-state index is -0.480. The first-order valence-corrected chi connectivity index (χ1v) is 10.5. The Morgan fingerprint density at radius 1 is 0.882 bits per heavy atom. The minimum Gasteiger partial charge on any atom is -0.493 e. The number of hydrogen-bond acceptors (Lipinski definition) is 7. The van der Waals surface area contributed by atoms with E-state index in [2.05, 4.69) is 10.1 Å². The Morgan fingerprint density at radius 3 is 2.18 bits per heavy atom. The first-order valence-electron chi connectivity index (χ1n) is 10.5. The van der Waals surface area contributed by atoms with E-state index < -0.39 is 11.8 Å². The Hall–Kier alpha value is -4.40. The van der Waals surface area contributed by atoms with Crippen molar-refractivity contribution in [3.05, 3.63) is 65.0 Å². The summed E-state index contributed by atoms with van der Waals surface area (Å²) in [5.74, 6) is 0.0889. The molecule has 0 fully saturated rings. The van der Waals surface area contributed by atoms with Gasteiger partial charge in [0.2, 0.25) is 5.75 Å². The zero-order valence-electron chi connectivity index (χ0n) is 19.4. The largest absolute Gasteiger partial charge is 0.493 e. The van der Waals surface area contributed by atoms with Gasteiger partial charge in [0.1, 0.15) is 0 Å². The maximum atomic E-state index is 13.7. The molecule has 2 amide bonds. The molecule has 2 aromatic carbocycles. The molecule has 172 valence electrons. The molecule has 0 bridgehead atoms. The minimum absolute atomic E-state index is 0.221.